The largest absolute Gasteiger partial charge is 0.352 e. The Morgan fingerprint density at radius 3 is 2.31 bits per heavy atom. The van der Waals surface area contributed by atoms with Crippen molar-refractivity contribution in [2.75, 3.05) is 17.1 Å². The molecule has 7 nitrogen and oxygen atoms in total. The number of amides is 2. The van der Waals surface area contributed by atoms with Crippen LogP contribution in [0.25, 0.3) is 0 Å². The van der Waals surface area contributed by atoms with Crippen LogP contribution in [-0.4, -0.2) is 50.0 Å². The molecule has 2 aromatic rings. The van der Waals surface area contributed by atoms with Gasteiger partial charge in [-0.15, -0.1) is 0 Å². The van der Waals surface area contributed by atoms with Crippen LogP contribution in [0.5, 0.6) is 0 Å². The summed E-state index contributed by atoms with van der Waals surface area (Å²) in [5.74, 6) is -0.949. The fourth-order valence-corrected chi connectivity index (χ4v) is 5.10. The molecule has 1 N–H and O–H groups in total. The van der Waals surface area contributed by atoms with Crippen molar-refractivity contribution in [2.45, 2.75) is 65.6 Å². The summed E-state index contributed by atoms with van der Waals surface area (Å²) in [7, 11) is -3.63. The number of nitrogens with zero attached hydrogens (tertiary/aromatic N) is 2. The highest BCUT2D eigenvalue weighted by Gasteiger charge is 2.29. The molecule has 0 aliphatic heterocycles. The van der Waals surface area contributed by atoms with E-state index in [2.05, 4.69) is 5.32 Å². The first kappa shape index (κ1) is 29.6. The quantitative estimate of drug-likeness (QED) is 0.425. The zero-order valence-corrected chi connectivity index (χ0v) is 23.0. The summed E-state index contributed by atoms with van der Waals surface area (Å²) in [6.45, 7) is 7.50. The van der Waals surface area contributed by atoms with E-state index in [1.807, 2.05) is 20.8 Å². The number of hydrogen-bond acceptors (Lipinski definition) is 4. The third-order valence-electron chi connectivity index (χ3n) is 5.68. The highest BCUT2D eigenvalue weighted by atomic mass is 35.5. The monoisotopic (exact) mass is 539 g/mol. The molecule has 1 atom stereocenters. The average Bonchev–Trinajstić information content (AvgIpc) is 2.78. The van der Waals surface area contributed by atoms with Crippen LogP contribution in [0.4, 0.5) is 10.1 Å². The van der Waals surface area contributed by atoms with Crippen molar-refractivity contribution in [1.29, 1.82) is 0 Å². The molecule has 2 aromatic carbocycles. The van der Waals surface area contributed by atoms with Gasteiger partial charge in [0.05, 0.1) is 11.9 Å². The lowest BCUT2D eigenvalue weighted by atomic mass is 10.1. The Balaban J connectivity index is 2.24. The van der Waals surface area contributed by atoms with Crippen LogP contribution in [0.1, 0.15) is 51.2 Å². The predicted octanol–water partition coefficient (Wildman–Crippen LogP) is 4.67. The van der Waals surface area contributed by atoms with E-state index in [0.29, 0.717) is 22.7 Å². The number of halogens is 2. The topological polar surface area (TPSA) is 86.8 Å². The highest BCUT2D eigenvalue weighted by molar-refractivity contribution is 7.92. The van der Waals surface area contributed by atoms with Gasteiger partial charge in [0.1, 0.15) is 11.9 Å². The number of anilines is 1. The molecule has 0 radical (unpaired) electrons. The Labute approximate surface area is 218 Å². The van der Waals surface area contributed by atoms with Crippen molar-refractivity contribution in [3.63, 3.8) is 0 Å². The van der Waals surface area contributed by atoms with Gasteiger partial charge in [0.25, 0.3) is 0 Å². The number of carbonyl (C=O) groups is 2. The molecule has 2 rings (SSSR count). The van der Waals surface area contributed by atoms with Crippen LogP contribution in [0, 0.1) is 12.7 Å². The van der Waals surface area contributed by atoms with Crippen LogP contribution in [0.2, 0.25) is 5.02 Å². The molecule has 0 aliphatic carbocycles. The second kappa shape index (κ2) is 13.1. The standard InChI is InChI=1S/C26H35ClFN3O4S/c1-6-23(26(33)29-18(2)3)30(17-20-10-13-22(28)14-11-20)25(32)8-7-15-31(36(5,34)35)24-16-21(27)12-9-19(24)4/h9-14,16,18,23H,6-8,15,17H2,1-5H3,(H,29,33). The van der Waals surface area contributed by atoms with Crippen molar-refractivity contribution in [3.05, 3.63) is 64.4 Å². The number of benzene rings is 2. The van der Waals surface area contributed by atoms with E-state index in [-0.39, 0.29) is 43.8 Å². The molecule has 0 saturated heterocycles. The molecule has 1 unspecified atom stereocenters. The third-order valence-corrected chi connectivity index (χ3v) is 7.09. The molecule has 0 spiro atoms. The number of sulfonamides is 1. The van der Waals surface area contributed by atoms with Gasteiger partial charge in [-0.1, -0.05) is 36.7 Å². The van der Waals surface area contributed by atoms with Crippen LogP contribution >= 0.6 is 11.6 Å². The highest BCUT2D eigenvalue weighted by Crippen LogP contribution is 2.27. The number of rotatable bonds is 12. The van der Waals surface area contributed by atoms with Gasteiger partial charge in [0.15, 0.2) is 0 Å². The molecule has 0 aromatic heterocycles. The molecule has 10 heteroatoms. The molecule has 0 aliphatic rings. The second-order valence-corrected chi connectivity index (χ2v) is 11.4. The number of aryl methyl sites for hydroxylation is 1. The van der Waals surface area contributed by atoms with Gasteiger partial charge in [-0.3, -0.25) is 13.9 Å². The number of hydrogen-bond donors (Lipinski definition) is 1. The Morgan fingerprint density at radius 1 is 1.11 bits per heavy atom. The van der Waals surface area contributed by atoms with Gasteiger partial charge in [-0.05, 0) is 69.0 Å². The van der Waals surface area contributed by atoms with E-state index < -0.39 is 21.9 Å². The number of nitrogens with one attached hydrogen (secondary N) is 1. The second-order valence-electron chi connectivity index (χ2n) is 9.10. The van der Waals surface area contributed by atoms with Gasteiger partial charge in [-0.2, -0.15) is 0 Å². The summed E-state index contributed by atoms with van der Waals surface area (Å²) in [6.07, 6.45) is 1.76. The smallest absolute Gasteiger partial charge is 0.243 e. The summed E-state index contributed by atoms with van der Waals surface area (Å²) in [5.41, 5.74) is 1.89. The zero-order chi connectivity index (χ0) is 27.0. The Kier molecular flexibility index (Phi) is 10.7. The summed E-state index contributed by atoms with van der Waals surface area (Å²) in [6, 6.07) is 9.98. The number of carbonyl (C=O) groups excluding carboxylic acids is 2. The molecule has 198 valence electrons. The molecule has 0 heterocycles. The lowest BCUT2D eigenvalue weighted by Gasteiger charge is -2.31. The van der Waals surface area contributed by atoms with Gasteiger partial charge >= 0.3 is 0 Å². The maximum Gasteiger partial charge on any atom is 0.243 e. The molecular weight excluding hydrogens is 505 g/mol. The van der Waals surface area contributed by atoms with Crippen molar-refractivity contribution in [2.24, 2.45) is 0 Å². The van der Waals surface area contributed by atoms with Crippen molar-refractivity contribution >= 4 is 39.1 Å². The molecule has 36 heavy (non-hydrogen) atoms. The van der Waals surface area contributed by atoms with Crippen molar-refractivity contribution in [3.8, 4) is 0 Å². The average molecular weight is 540 g/mol. The van der Waals surface area contributed by atoms with Gasteiger partial charge < -0.3 is 10.2 Å². The van der Waals surface area contributed by atoms with E-state index >= 15 is 0 Å². The van der Waals surface area contributed by atoms with E-state index in [4.69, 9.17) is 11.6 Å². The Bertz CT molecular complexity index is 1160. The van der Waals surface area contributed by atoms with Crippen LogP contribution in [0.3, 0.4) is 0 Å². The summed E-state index contributed by atoms with van der Waals surface area (Å²) in [5, 5.41) is 3.27. The minimum Gasteiger partial charge on any atom is -0.352 e. The lowest BCUT2D eigenvalue weighted by molar-refractivity contribution is -0.141. The van der Waals surface area contributed by atoms with E-state index in [0.717, 1.165) is 11.8 Å². The minimum atomic E-state index is -3.63. The third kappa shape index (κ3) is 8.48. The van der Waals surface area contributed by atoms with Crippen LogP contribution < -0.4 is 9.62 Å². The minimum absolute atomic E-state index is 0.0261. The molecular formula is C26H35ClFN3O4S. The zero-order valence-electron chi connectivity index (χ0n) is 21.4. The van der Waals surface area contributed by atoms with Gasteiger partial charge in [0, 0.05) is 30.6 Å². The van der Waals surface area contributed by atoms with Gasteiger partial charge in [0.2, 0.25) is 21.8 Å². The molecule has 0 bridgehead atoms. The first-order valence-electron chi connectivity index (χ1n) is 11.9. The molecule has 0 saturated carbocycles. The maximum absolute atomic E-state index is 13.4. The van der Waals surface area contributed by atoms with Gasteiger partial charge in [-0.25, -0.2) is 12.8 Å². The van der Waals surface area contributed by atoms with E-state index in [1.54, 1.807) is 37.3 Å². The lowest BCUT2D eigenvalue weighted by Crippen LogP contribution is -2.50. The summed E-state index contributed by atoms with van der Waals surface area (Å²) in [4.78, 5) is 27.7. The summed E-state index contributed by atoms with van der Waals surface area (Å²) >= 11 is 6.10. The molecule has 2 amide bonds. The van der Waals surface area contributed by atoms with Crippen LogP contribution in [-0.2, 0) is 26.2 Å². The predicted molar refractivity (Wildman–Crippen MR) is 142 cm³/mol. The Morgan fingerprint density at radius 2 is 1.75 bits per heavy atom. The fraction of sp³-hybridized carbons (Fsp3) is 0.462. The first-order valence-corrected chi connectivity index (χ1v) is 14.1. The fourth-order valence-electron chi connectivity index (χ4n) is 3.92. The summed E-state index contributed by atoms with van der Waals surface area (Å²) < 4.78 is 39.7. The van der Waals surface area contributed by atoms with E-state index in [1.165, 1.54) is 21.3 Å². The SMILES string of the molecule is CCC(C(=O)NC(C)C)N(Cc1ccc(F)cc1)C(=O)CCCN(c1cc(Cl)ccc1C)S(C)(=O)=O. The maximum atomic E-state index is 13.4. The van der Waals surface area contributed by atoms with Crippen molar-refractivity contribution in [1.82, 2.24) is 10.2 Å². The van der Waals surface area contributed by atoms with Crippen LogP contribution in [0.15, 0.2) is 42.5 Å². The Hall–Kier alpha value is -2.65. The first-order chi connectivity index (χ1) is 16.8. The molecule has 0 fully saturated rings. The normalized spacial score (nSPS) is 12.3. The van der Waals surface area contributed by atoms with Crippen molar-refractivity contribution < 1.29 is 22.4 Å². The van der Waals surface area contributed by atoms with E-state index in [9.17, 15) is 22.4 Å².